The molecule has 0 radical (unpaired) electrons. The van der Waals surface area contributed by atoms with Gasteiger partial charge in [0.15, 0.2) is 0 Å². The van der Waals surface area contributed by atoms with E-state index in [0.717, 1.165) is 17.5 Å². The third-order valence-corrected chi connectivity index (χ3v) is 4.12. The maximum atomic E-state index is 10.9. The minimum atomic E-state index is -0.758. The molecule has 0 bridgehead atoms. The molecule has 2 heterocycles. The van der Waals surface area contributed by atoms with Crippen LogP contribution < -0.4 is 5.32 Å². The molecule has 0 aliphatic rings. The predicted molar refractivity (Wildman–Crippen MR) is 92.8 cm³/mol. The lowest BCUT2D eigenvalue weighted by atomic mass is 10.0. The number of aliphatic carboxylic acids is 1. The summed E-state index contributed by atoms with van der Waals surface area (Å²) >= 11 is 0. The monoisotopic (exact) mass is 323 g/mol. The van der Waals surface area contributed by atoms with E-state index in [9.17, 15) is 4.79 Å². The minimum absolute atomic E-state index is 0.113. The first kappa shape index (κ1) is 16.2. The van der Waals surface area contributed by atoms with Crippen LogP contribution in [-0.2, 0) is 17.8 Å². The van der Waals surface area contributed by atoms with Crippen molar-refractivity contribution in [3.8, 4) is 0 Å². The molecule has 0 saturated heterocycles. The molecule has 124 valence electrons. The van der Waals surface area contributed by atoms with Crippen LogP contribution in [0.15, 0.2) is 60.9 Å². The van der Waals surface area contributed by atoms with Gasteiger partial charge in [-0.15, -0.1) is 0 Å². The Balaban J connectivity index is 1.67. The highest BCUT2D eigenvalue weighted by molar-refractivity contribution is 5.66. The first-order chi connectivity index (χ1) is 11.7. The van der Waals surface area contributed by atoms with E-state index in [0.29, 0.717) is 13.0 Å². The van der Waals surface area contributed by atoms with Crippen molar-refractivity contribution in [3.63, 3.8) is 0 Å². The standard InChI is InChI=1S/C19H21N3O2/c23-19(24)10-9-17(12-15-6-2-1-3-7-15)20-13-16-14-21-22-11-5-4-8-18(16)22/h1-8,11,14,17,20H,9-10,12-13H2,(H,23,24). The molecule has 1 atom stereocenters. The summed E-state index contributed by atoms with van der Waals surface area (Å²) in [6.07, 6.45) is 5.36. The Labute approximate surface area is 140 Å². The Morgan fingerprint density at radius 1 is 1.17 bits per heavy atom. The molecule has 5 nitrogen and oxygen atoms in total. The van der Waals surface area contributed by atoms with Crippen LogP contribution in [0.4, 0.5) is 0 Å². The van der Waals surface area contributed by atoms with Crippen molar-refractivity contribution in [2.75, 3.05) is 0 Å². The van der Waals surface area contributed by atoms with E-state index in [2.05, 4.69) is 22.5 Å². The second kappa shape index (κ2) is 7.75. The lowest BCUT2D eigenvalue weighted by Gasteiger charge is -2.18. The van der Waals surface area contributed by atoms with Gasteiger partial charge in [0.1, 0.15) is 0 Å². The highest BCUT2D eigenvalue weighted by Gasteiger charge is 2.13. The molecule has 0 spiro atoms. The Morgan fingerprint density at radius 2 is 1.96 bits per heavy atom. The van der Waals surface area contributed by atoms with Crippen molar-refractivity contribution in [2.24, 2.45) is 0 Å². The molecule has 2 N–H and O–H groups in total. The predicted octanol–water partition coefficient (Wildman–Crippen LogP) is 2.90. The van der Waals surface area contributed by atoms with Gasteiger partial charge in [0, 0.05) is 30.8 Å². The van der Waals surface area contributed by atoms with Crippen LogP contribution >= 0.6 is 0 Å². The molecular weight excluding hydrogens is 302 g/mol. The molecule has 1 aromatic carbocycles. The van der Waals surface area contributed by atoms with Gasteiger partial charge in [-0.1, -0.05) is 36.4 Å². The number of hydrogen-bond donors (Lipinski definition) is 2. The number of carboxylic acids is 1. The molecule has 0 aliphatic carbocycles. The van der Waals surface area contributed by atoms with Gasteiger partial charge >= 0.3 is 5.97 Å². The number of carboxylic acid groups (broad SMARTS) is 1. The van der Waals surface area contributed by atoms with E-state index < -0.39 is 5.97 Å². The number of nitrogens with one attached hydrogen (secondary N) is 1. The van der Waals surface area contributed by atoms with E-state index in [1.54, 1.807) is 0 Å². The Bertz CT molecular complexity index is 798. The second-order valence-corrected chi connectivity index (χ2v) is 5.90. The van der Waals surface area contributed by atoms with Gasteiger partial charge in [-0.05, 0) is 30.5 Å². The van der Waals surface area contributed by atoms with Gasteiger partial charge in [-0.3, -0.25) is 4.79 Å². The van der Waals surface area contributed by atoms with Crippen molar-refractivity contribution in [3.05, 3.63) is 72.1 Å². The van der Waals surface area contributed by atoms with Crippen molar-refractivity contribution in [2.45, 2.75) is 31.8 Å². The first-order valence-corrected chi connectivity index (χ1v) is 8.13. The van der Waals surface area contributed by atoms with Crippen LogP contribution in [0.2, 0.25) is 0 Å². The second-order valence-electron chi connectivity index (χ2n) is 5.90. The zero-order valence-electron chi connectivity index (χ0n) is 13.4. The topological polar surface area (TPSA) is 66.6 Å². The summed E-state index contributed by atoms with van der Waals surface area (Å²) in [4.78, 5) is 10.9. The van der Waals surface area contributed by atoms with Gasteiger partial charge in [0.2, 0.25) is 0 Å². The maximum absolute atomic E-state index is 10.9. The van der Waals surface area contributed by atoms with Crippen molar-refractivity contribution in [1.29, 1.82) is 0 Å². The number of fused-ring (bicyclic) bond motifs is 1. The van der Waals surface area contributed by atoms with E-state index in [-0.39, 0.29) is 12.5 Å². The molecule has 0 saturated carbocycles. The first-order valence-electron chi connectivity index (χ1n) is 8.13. The number of pyridine rings is 1. The fourth-order valence-electron chi connectivity index (χ4n) is 2.85. The van der Waals surface area contributed by atoms with Crippen molar-refractivity contribution >= 4 is 11.5 Å². The van der Waals surface area contributed by atoms with Gasteiger partial charge < -0.3 is 10.4 Å². The minimum Gasteiger partial charge on any atom is -0.481 e. The summed E-state index contributed by atoms with van der Waals surface area (Å²) in [6, 6.07) is 16.2. The van der Waals surface area contributed by atoms with E-state index in [1.165, 1.54) is 5.56 Å². The van der Waals surface area contributed by atoms with Gasteiger partial charge in [-0.2, -0.15) is 5.10 Å². The molecule has 0 amide bonds. The van der Waals surface area contributed by atoms with Crippen LogP contribution in [0, 0.1) is 0 Å². The Kier molecular flexibility index (Phi) is 5.23. The molecule has 2 aromatic heterocycles. The number of rotatable bonds is 8. The lowest BCUT2D eigenvalue weighted by Crippen LogP contribution is -2.31. The number of nitrogens with zero attached hydrogens (tertiary/aromatic N) is 2. The Morgan fingerprint density at radius 3 is 2.75 bits per heavy atom. The highest BCUT2D eigenvalue weighted by Crippen LogP contribution is 2.12. The summed E-state index contributed by atoms with van der Waals surface area (Å²) in [5.41, 5.74) is 3.39. The summed E-state index contributed by atoms with van der Waals surface area (Å²) < 4.78 is 1.85. The zero-order valence-corrected chi connectivity index (χ0v) is 13.4. The van der Waals surface area contributed by atoms with Gasteiger partial charge in [-0.25, -0.2) is 4.52 Å². The Hall–Kier alpha value is -2.66. The number of benzene rings is 1. The molecule has 0 aliphatic heterocycles. The van der Waals surface area contributed by atoms with E-state index >= 15 is 0 Å². The van der Waals surface area contributed by atoms with Crippen molar-refractivity contribution in [1.82, 2.24) is 14.9 Å². The smallest absolute Gasteiger partial charge is 0.303 e. The average Bonchev–Trinajstić information content (AvgIpc) is 3.01. The van der Waals surface area contributed by atoms with Crippen LogP contribution in [0.1, 0.15) is 24.0 Å². The number of carbonyl (C=O) groups is 1. The largest absolute Gasteiger partial charge is 0.481 e. The molecule has 1 unspecified atom stereocenters. The molecule has 3 rings (SSSR count). The number of aromatic nitrogens is 2. The van der Waals surface area contributed by atoms with Gasteiger partial charge in [0.05, 0.1) is 11.7 Å². The maximum Gasteiger partial charge on any atom is 0.303 e. The van der Waals surface area contributed by atoms with Crippen LogP contribution in [0.3, 0.4) is 0 Å². The van der Waals surface area contributed by atoms with Crippen LogP contribution in [0.25, 0.3) is 5.52 Å². The fraction of sp³-hybridized carbons (Fsp3) is 0.263. The zero-order chi connectivity index (χ0) is 16.8. The molecular formula is C19H21N3O2. The van der Waals surface area contributed by atoms with E-state index in [4.69, 9.17) is 5.11 Å². The van der Waals surface area contributed by atoms with Crippen LogP contribution in [0.5, 0.6) is 0 Å². The average molecular weight is 323 g/mol. The third kappa shape index (κ3) is 4.20. The fourth-order valence-corrected chi connectivity index (χ4v) is 2.85. The SMILES string of the molecule is O=C(O)CCC(Cc1ccccc1)NCc1cnn2ccccc12. The molecule has 5 heteroatoms. The lowest BCUT2D eigenvalue weighted by molar-refractivity contribution is -0.137. The summed E-state index contributed by atoms with van der Waals surface area (Å²) in [5, 5.41) is 16.8. The summed E-state index contributed by atoms with van der Waals surface area (Å²) in [6.45, 7) is 0.671. The van der Waals surface area contributed by atoms with Gasteiger partial charge in [0.25, 0.3) is 0 Å². The normalized spacial score (nSPS) is 12.3. The van der Waals surface area contributed by atoms with E-state index in [1.807, 2.05) is 53.3 Å². The summed E-state index contributed by atoms with van der Waals surface area (Å²) in [7, 11) is 0. The third-order valence-electron chi connectivity index (χ3n) is 4.12. The molecule has 0 fully saturated rings. The van der Waals surface area contributed by atoms with Crippen LogP contribution in [-0.4, -0.2) is 26.7 Å². The summed E-state index contributed by atoms with van der Waals surface area (Å²) in [5.74, 6) is -0.758. The highest BCUT2D eigenvalue weighted by atomic mass is 16.4. The molecule has 24 heavy (non-hydrogen) atoms. The molecule has 3 aromatic rings. The number of hydrogen-bond acceptors (Lipinski definition) is 3. The quantitative estimate of drug-likeness (QED) is 0.669. The van der Waals surface area contributed by atoms with Crippen molar-refractivity contribution < 1.29 is 9.90 Å².